The fourth-order valence-electron chi connectivity index (χ4n) is 3.86. The van der Waals surface area contributed by atoms with Crippen LogP contribution in [0.1, 0.15) is 129 Å². The van der Waals surface area contributed by atoms with E-state index in [0.717, 1.165) is 44.9 Å². The van der Waals surface area contributed by atoms with E-state index in [1.165, 1.54) is 64.2 Å². The third-order valence-corrected chi connectivity index (χ3v) is 6.10. The number of allylic oxidation sites excluding steroid dienone is 5. The standard InChI is InChI=1S/C30H55NO3/c1-3-5-7-9-11-13-14-15-16-18-20-22-24-26-30(34)31-28(27-32)29(33)25-23-21-19-17-12-10-8-6-4-2/h7,9,13-14,23,25,28-29,32-33H,3-6,8,10-12,15-22,24,26-27H2,1-2H3,(H,31,34)/b9-7-,14-13-,25-23+. The molecule has 0 aromatic carbocycles. The number of nitrogens with one attached hydrogen (secondary N) is 1. The third-order valence-electron chi connectivity index (χ3n) is 6.10. The molecule has 1 amide bonds. The molecule has 0 aromatic rings. The van der Waals surface area contributed by atoms with Gasteiger partial charge in [-0.3, -0.25) is 4.79 Å². The maximum absolute atomic E-state index is 12.2. The van der Waals surface area contributed by atoms with Crippen molar-refractivity contribution in [1.29, 1.82) is 0 Å². The van der Waals surface area contributed by atoms with Crippen LogP contribution in [0.3, 0.4) is 0 Å². The Morgan fingerprint density at radius 2 is 1.26 bits per heavy atom. The Labute approximate surface area is 211 Å². The van der Waals surface area contributed by atoms with Gasteiger partial charge >= 0.3 is 0 Å². The zero-order valence-electron chi connectivity index (χ0n) is 22.4. The van der Waals surface area contributed by atoms with Gasteiger partial charge in [0.15, 0.2) is 0 Å². The molecule has 0 spiro atoms. The molecule has 0 radical (unpaired) electrons. The van der Waals surface area contributed by atoms with Crippen LogP contribution in [0.5, 0.6) is 0 Å². The van der Waals surface area contributed by atoms with Gasteiger partial charge in [-0.05, 0) is 44.9 Å². The number of aliphatic hydroxyl groups is 2. The molecule has 4 nitrogen and oxygen atoms in total. The second-order valence-electron chi connectivity index (χ2n) is 9.46. The molecule has 198 valence electrons. The highest BCUT2D eigenvalue weighted by Gasteiger charge is 2.17. The quantitative estimate of drug-likeness (QED) is 0.0992. The molecule has 2 atom stereocenters. The van der Waals surface area contributed by atoms with Gasteiger partial charge in [-0.15, -0.1) is 0 Å². The summed E-state index contributed by atoms with van der Waals surface area (Å²) in [4.78, 5) is 12.2. The molecule has 0 aliphatic rings. The molecule has 0 aromatic heterocycles. The summed E-state index contributed by atoms with van der Waals surface area (Å²) in [6, 6.07) is -0.624. The minimum Gasteiger partial charge on any atom is -0.394 e. The molecule has 3 N–H and O–H groups in total. The number of unbranched alkanes of at least 4 members (excludes halogenated alkanes) is 13. The molecular weight excluding hydrogens is 422 g/mol. The van der Waals surface area contributed by atoms with Gasteiger partial charge in [-0.25, -0.2) is 0 Å². The first-order valence-corrected chi connectivity index (χ1v) is 14.2. The first-order chi connectivity index (χ1) is 16.7. The van der Waals surface area contributed by atoms with Crippen molar-refractivity contribution in [3.63, 3.8) is 0 Å². The van der Waals surface area contributed by atoms with E-state index < -0.39 is 12.1 Å². The Balaban J connectivity index is 3.75. The maximum Gasteiger partial charge on any atom is 0.220 e. The third kappa shape index (κ3) is 22.4. The van der Waals surface area contributed by atoms with Crippen LogP contribution in [-0.4, -0.2) is 34.9 Å². The lowest BCUT2D eigenvalue weighted by Gasteiger charge is -2.20. The summed E-state index contributed by atoms with van der Waals surface area (Å²) < 4.78 is 0. The van der Waals surface area contributed by atoms with E-state index in [1.54, 1.807) is 6.08 Å². The van der Waals surface area contributed by atoms with E-state index in [2.05, 4.69) is 43.5 Å². The Kier molecular flexibility index (Phi) is 25.1. The van der Waals surface area contributed by atoms with Gasteiger partial charge in [0.2, 0.25) is 5.91 Å². The molecule has 34 heavy (non-hydrogen) atoms. The van der Waals surface area contributed by atoms with Crippen LogP contribution in [0.4, 0.5) is 0 Å². The molecule has 4 heteroatoms. The molecule has 0 saturated heterocycles. The highest BCUT2D eigenvalue weighted by Crippen LogP contribution is 2.10. The van der Waals surface area contributed by atoms with Gasteiger partial charge in [0.05, 0.1) is 18.8 Å². The van der Waals surface area contributed by atoms with Crippen LogP contribution in [0, 0.1) is 0 Å². The lowest BCUT2D eigenvalue weighted by atomic mass is 10.1. The molecule has 0 aliphatic carbocycles. The molecule has 0 aliphatic heterocycles. The predicted octanol–water partition coefficient (Wildman–Crippen LogP) is 7.55. The topological polar surface area (TPSA) is 69.6 Å². The Morgan fingerprint density at radius 1 is 0.706 bits per heavy atom. The number of amides is 1. The van der Waals surface area contributed by atoms with Crippen LogP contribution >= 0.6 is 0 Å². The van der Waals surface area contributed by atoms with Crippen LogP contribution in [-0.2, 0) is 4.79 Å². The summed E-state index contributed by atoms with van der Waals surface area (Å²) in [5.41, 5.74) is 0. The summed E-state index contributed by atoms with van der Waals surface area (Å²) in [5, 5.41) is 22.6. The van der Waals surface area contributed by atoms with Crippen molar-refractivity contribution in [3.05, 3.63) is 36.5 Å². The zero-order valence-corrected chi connectivity index (χ0v) is 22.4. The molecule has 2 unspecified atom stereocenters. The van der Waals surface area contributed by atoms with Gasteiger partial charge in [-0.1, -0.05) is 115 Å². The first kappa shape index (κ1) is 32.6. The SMILES string of the molecule is CCC/C=C\C/C=C\CCCCCCCC(=O)NC(CO)C(O)/C=C/CCCCCCCCC. The predicted molar refractivity (Wildman–Crippen MR) is 147 cm³/mol. The van der Waals surface area contributed by atoms with Crippen LogP contribution in [0.15, 0.2) is 36.5 Å². The van der Waals surface area contributed by atoms with Crippen molar-refractivity contribution in [2.45, 2.75) is 142 Å². The molecular formula is C30H55NO3. The largest absolute Gasteiger partial charge is 0.394 e. The minimum atomic E-state index is -0.839. The van der Waals surface area contributed by atoms with Crippen LogP contribution < -0.4 is 5.32 Å². The van der Waals surface area contributed by atoms with E-state index in [-0.39, 0.29) is 12.5 Å². The van der Waals surface area contributed by atoms with Crippen LogP contribution in [0.25, 0.3) is 0 Å². The van der Waals surface area contributed by atoms with Crippen molar-refractivity contribution in [2.75, 3.05) is 6.61 Å². The highest BCUT2D eigenvalue weighted by atomic mass is 16.3. The van der Waals surface area contributed by atoms with Crippen LogP contribution in [0.2, 0.25) is 0 Å². The molecule has 0 fully saturated rings. The monoisotopic (exact) mass is 477 g/mol. The number of carbonyl (C=O) groups is 1. The van der Waals surface area contributed by atoms with Gasteiger partial charge in [-0.2, -0.15) is 0 Å². The fraction of sp³-hybridized carbons (Fsp3) is 0.767. The number of aliphatic hydroxyl groups excluding tert-OH is 2. The van der Waals surface area contributed by atoms with Gasteiger partial charge in [0.1, 0.15) is 0 Å². The van der Waals surface area contributed by atoms with E-state index >= 15 is 0 Å². The van der Waals surface area contributed by atoms with Crippen molar-refractivity contribution < 1.29 is 15.0 Å². The summed E-state index contributed by atoms with van der Waals surface area (Å²) in [5.74, 6) is -0.0855. The Bertz CT molecular complexity index is 527. The average molecular weight is 478 g/mol. The minimum absolute atomic E-state index is 0.0855. The average Bonchev–Trinajstić information content (AvgIpc) is 2.84. The molecule has 0 saturated carbocycles. The molecule has 0 bridgehead atoms. The first-order valence-electron chi connectivity index (χ1n) is 14.2. The second-order valence-corrected chi connectivity index (χ2v) is 9.46. The highest BCUT2D eigenvalue weighted by molar-refractivity contribution is 5.76. The summed E-state index contributed by atoms with van der Waals surface area (Å²) >= 11 is 0. The zero-order chi connectivity index (χ0) is 25.1. The van der Waals surface area contributed by atoms with Crippen molar-refractivity contribution >= 4 is 5.91 Å². The fourth-order valence-corrected chi connectivity index (χ4v) is 3.86. The lowest BCUT2D eigenvalue weighted by Crippen LogP contribution is -2.45. The smallest absolute Gasteiger partial charge is 0.220 e. The van der Waals surface area contributed by atoms with Gasteiger partial charge in [0, 0.05) is 6.42 Å². The Morgan fingerprint density at radius 3 is 1.88 bits per heavy atom. The second kappa shape index (κ2) is 26.2. The van der Waals surface area contributed by atoms with E-state index in [0.29, 0.717) is 6.42 Å². The molecule has 0 rings (SSSR count). The molecule has 0 heterocycles. The van der Waals surface area contributed by atoms with Crippen molar-refractivity contribution in [3.8, 4) is 0 Å². The van der Waals surface area contributed by atoms with E-state index in [9.17, 15) is 15.0 Å². The van der Waals surface area contributed by atoms with E-state index in [4.69, 9.17) is 0 Å². The van der Waals surface area contributed by atoms with E-state index in [1.807, 2.05) is 6.08 Å². The van der Waals surface area contributed by atoms with Gasteiger partial charge < -0.3 is 15.5 Å². The maximum atomic E-state index is 12.2. The van der Waals surface area contributed by atoms with Gasteiger partial charge in [0.25, 0.3) is 0 Å². The number of hydrogen-bond acceptors (Lipinski definition) is 3. The summed E-state index contributed by atoms with van der Waals surface area (Å²) in [6.07, 6.45) is 32.1. The number of rotatable bonds is 24. The number of carbonyl (C=O) groups excluding carboxylic acids is 1. The normalized spacial score (nSPS) is 13.9. The van der Waals surface area contributed by atoms with Crippen molar-refractivity contribution in [1.82, 2.24) is 5.32 Å². The summed E-state index contributed by atoms with van der Waals surface area (Å²) in [6.45, 7) is 4.17. The lowest BCUT2D eigenvalue weighted by molar-refractivity contribution is -0.123. The Hall–Kier alpha value is -1.39. The van der Waals surface area contributed by atoms with Crippen molar-refractivity contribution in [2.24, 2.45) is 0 Å². The summed E-state index contributed by atoms with van der Waals surface area (Å²) in [7, 11) is 0. The number of hydrogen-bond donors (Lipinski definition) is 3.